The number of benzene rings is 1. The van der Waals surface area contributed by atoms with Gasteiger partial charge in [0, 0.05) is 4.91 Å². The first-order valence-electron chi connectivity index (χ1n) is 4.81. The van der Waals surface area contributed by atoms with E-state index < -0.39 is 5.97 Å². The van der Waals surface area contributed by atoms with Gasteiger partial charge in [0.2, 0.25) is 0 Å². The molecule has 0 saturated carbocycles. The summed E-state index contributed by atoms with van der Waals surface area (Å²) in [6.45, 7) is 0. The van der Waals surface area contributed by atoms with E-state index in [1.54, 1.807) is 25.3 Å². The predicted octanol–water partition coefficient (Wildman–Crippen LogP) is 3.28. The van der Waals surface area contributed by atoms with Crippen molar-refractivity contribution >= 4 is 28.0 Å². The average molecular weight is 312 g/mol. The third kappa shape index (κ3) is 3.51. The van der Waals surface area contributed by atoms with Crippen LogP contribution in [-0.4, -0.2) is 20.2 Å². The zero-order chi connectivity index (χ0) is 13.5. The molecule has 1 aromatic rings. The summed E-state index contributed by atoms with van der Waals surface area (Å²) < 4.78 is 10.3. The first-order valence-corrected chi connectivity index (χ1v) is 5.60. The lowest BCUT2D eigenvalue weighted by atomic mass is 10.2. The average Bonchev–Trinajstić information content (AvgIpc) is 2.37. The van der Waals surface area contributed by atoms with Crippen molar-refractivity contribution in [3.05, 3.63) is 44.4 Å². The number of hydrogen-bond acceptors (Lipinski definition) is 4. The lowest BCUT2D eigenvalue weighted by Crippen LogP contribution is -2.01. The van der Waals surface area contributed by atoms with Gasteiger partial charge in [-0.25, -0.2) is 4.79 Å². The Bertz CT molecular complexity index is 536. The van der Waals surface area contributed by atoms with E-state index in [1.807, 2.05) is 0 Å². The minimum atomic E-state index is -0.695. The van der Waals surface area contributed by atoms with Crippen LogP contribution in [-0.2, 0) is 9.53 Å². The van der Waals surface area contributed by atoms with Gasteiger partial charge in [0.05, 0.1) is 18.7 Å². The van der Waals surface area contributed by atoms with Crippen LogP contribution < -0.4 is 4.74 Å². The molecule has 18 heavy (non-hydrogen) atoms. The molecular weight excluding hydrogens is 302 g/mol. The van der Waals surface area contributed by atoms with Crippen molar-refractivity contribution in [2.45, 2.75) is 0 Å². The molecule has 0 unspecified atom stereocenters. The molecule has 0 amide bonds. The molecule has 1 rings (SSSR count). The molecule has 6 nitrogen and oxygen atoms in total. The van der Waals surface area contributed by atoms with Crippen LogP contribution in [0.2, 0.25) is 0 Å². The van der Waals surface area contributed by atoms with Crippen molar-refractivity contribution in [2.75, 3.05) is 14.2 Å². The van der Waals surface area contributed by atoms with Crippen molar-refractivity contribution in [2.24, 2.45) is 5.11 Å². The number of azide groups is 1. The molecule has 0 fully saturated rings. The number of halogens is 1. The molecule has 94 valence electrons. The number of nitrogens with zero attached hydrogens (tertiary/aromatic N) is 3. The first kappa shape index (κ1) is 14.1. The molecule has 0 atom stereocenters. The summed E-state index contributed by atoms with van der Waals surface area (Å²) in [6, 6.07) is 5.18. The second kappa shape index (κ2) is 6.68. The Morgan fingerprint density at radius 2 is 2.22 bits per heavy atom. The van der Waals surface area contributed by atoms with Crippen molar-refractivity contribution in [1.82, 2.24) is 0 Å². The zero-order valence-electron chi connectivity index (χ0n) is 9.75. The van der Waals surface area contributed by atoms with E-state index in [9.17, 15) is 4.79 Å². The van der Waals surface area contributed by atoms with Crippen LogP contribution in [0.3, 0.4) is 0 Å². The highest BCUT2D eigenvalue weighted by atomic mass is 79.9. The molecule has 0 aliphatic heterocycles. The largest absolute Gasteiger partial charge is 0.496 e. The van der Waals surface area contributed by atoms with Gasteiger partial charge in [-0.1, -0.05) is 11.2 Å². The SMILES string of the molecule is COC(=O)C(=Cc1ccc(OC)c(Br)c1)N=[N+]=[N-]. The highest BCUT2D eigenvalue weighted by Gasteiger charge is 2.08. The summed E-state index contributed by atoms with van der Waals surface area (Å²) in [6.07, 6.45) is 1.43. The molecule has 0 aliphatic rings. The van der Waals surface area contributed by atoms with Crippen LogP contribution in [0.15, 0.2) is 33.5 Å². The van der Waals surface area contributed by atoms with Gasteiger partial charge in [0.1, 0.15) is 11.4 Å². The van der Waals surface area contributed by atoms with Crippen molar-refractivity contribution in [1.29, 1.82) is 0 Å². The fraction of sp³-hybridized carbons (Fsp3) is 0.182. The molecule has 0 heterocycles. The van der Waals surface area contributed by atoms with Crippen LogP contribution in [0.5, 0.6) is 5.75 Å². The Balaban J connectivity index is 3.16. The molecule has 0 aromatic heterocycles. The normalized spacial score (nSPS) is 10.5. The third-order valence-corrected chi connectivity index (χ3v) is 2.65. The van der Waals surface area contributed by atoms with Gasteiger partial charge in [-0.2, -0.15) is 0 Å². The Morgan fingerprint density at radius 3 is 2.72 bits per heavy atom. The van der Waals surface area contributed by atoms with Gasteiger partial charge in [-0.05, 0) is 45.2 Å². The highest BCUT2D eigenvalue weighted by molar-refractivity contribution is 9.10. The number of hydrogen-bond donors (Lipinski definition) is 0. The summed E-state index contributed by atoms with van der Waals surface area (Å²) >= 11 is 3.32. The van der Waals surface area contributed by atoms with E-state index in [-0.39, 0.29) is 5.70 Å². The summed E-state index contributed by atoms with van der Waals surface area (Å²) in [7, 11) is 2.77. The number of carbonyl (C=O) groups excluding carboxylic acids is 1. The summed E-state index contributed by atoms with van der Waals surface area (Å²) in [4.78, 5) is 13.9. The van der Waals surface area contributed by atoms with Gasteiger partial charge in [0.25, 0.3) is 0 Å². The van der Waals surface area contributed by atoms with Crippen LogP contribution in [0.1, 0.15) is 5.56 Å². The molecule has 7 heteroatoms. The van der Waals surface area contributed by atoms with Gasteiger partial charge in [0.15, 0.2) is 0 Å². The van der Waals surface area contributed by atoms with Crippen LogP contribution >= 0.6 is 15.9 Å². The summed E-state index contributed by atoms with van der Waals surface area (Å²) in [5, 5.41) is 3.28. The Hall–Kier alpha value is -1.98. The summed E-state index contributed by atoms with van der Waals surface area (Å²) in [5.74, 6) is -0.0321. The summed E-state index contributed by atoms with van der Waals surface area (Å²) in [5.41, 5.74) is 8.94. The maximum absolute atomic E-state index is 11.3. The molecule has 0 N–H and O–H groups in total. The van der Waals surface area contributed by atoms with Crippen molar-refractivity contribution in [3.8, 4) is 5.75 Å². The number of carbonyl (C=O) groups is 1. The first-order chi connectivity index (χ1) is 8.62. The molecule has 0 aliphatic carbocycles. The van der Waals surface area contributed by atoms with Crippen LogP contribution in [0, 0.1) is 0 Å². The quantitative estimate of drug-likeness (QED) is 0.281. The lowest BCUT2D eigenvalue weighted by molar-refractivity contribution is -0.136. The molecule has 1 aromatic carbocycles. The standard InChI is InChI=1S/C11H10BrN3O3/c1-17-10-4-3-7(5-8(10)12)6-9(14-15-13)11(16)18-2/h3-6H,1-2H3. The highest BCUT2D eigenvalue weighted by Crippen LogP contribution is 2.26. The monoisotopic (exact) mass is 311 g/mol. The Morgan fingerprint density at radius 1 is 1.50 bits per heavy atom. The van der Waals surface area contributed by atoms with Gasteiger partial charge >= 0.3 is 5.97 Å². The minimum absolute atomic E-state index is 0.114. The van der Waals surface area contributed by atoms with Gasteiger partial charge < -0.3 is 9.47 Å². The topological polar surface area (TPSA) is 84.3 Å². The van der Waals surface area contributed by atoms with E-state index in [0.717, 1.165) is 4.47 Å². The minimum Gasteiger partial charge on any atom is -0.496 e. The Kier molecular flexibility index (Phi) is 5.23. The molecule has 0 saturated heterocycles. The molecular formula is C11H10BrN3O3. The number of rotatable bonds is 4. The maximum Gasteiger partial charge on any atom is 0.340 e. The van der Waals surface area contributed by atoms with Crippen LogP contribution in [0.25, 0.3) is 16.5 Å². The van der Waals surface area contributed by atoms with E-state index in [4.69, 9.17) is 10.3 Å². The number of esters is 1. The second-order valence-corrected chi connectivity index (χ2v) is 3.96. The number of methoxy groups -OCH3 is 2. The smallest absolute Gasteiger partial charge is 0.340 e. The fourth-order valence-electron chi connectivity index (χ4n) is 1.21. The third-order valence-electron chi connectivity index (χ3n) is 2.03. The molecule has 0 bridgehead atoms. The van der Waals surface area contributed by atoms with Crippen molar-refractivity contribution in [3.63, 3.8) is 0 Å². The lowest BCUT2D eigenvalue weighted by Gasteiger charge is -2.04. The predicted molar refractivity (Wildman–Crippen MR) is 69.8 cm³/mol. The molecule has 0 spiro atoms. The van der Waals surface area contributed by atoms with E-state index >= 15 is 0 Å². The van der Waals surface area contributed by atoms with E-state index in [0.29, 0.717) is 11.3 Å². The maximum atomic E-state index is 11.3. The molecule has 0 radical (unpaired) electrons. The zero-order valence-corrected chi connectivity index (χ0v) is 11.3. The Labute approximate surface area is 112 Å². The number of ether oxygens (including phenoxy) is 2. The van der Waals surface area contributed by atoms with Crippen molar-refractivity contribution < 1.29 is 14.3 Å². The van der Waals surface area contributed by atoms with E-state index in [2.05, 4.69) is 30.7 Å². The van der Waals surface area contributed by atoms with Gasteiger partial charge in [-0.3, -0.25) is 0 Å². The second-order valence-electron chi connectivity index (χ2n) is 3.10. The van der Waals surface area contributed by atoms with E-state index in [1.165, 1.54) is 13.2 Å². The van der Waals surface area contributed by atoms with Crippen LogP contribution in [0.4, 0.5) is 0 Å². The fourth-order valence-corrected chi connectivity index (χ4v) is 1.77. The van der Waals surface area contributed by atoms with Gasteiger partial charge in [-0.15, -0.1) is 0 Å².